The van der Waals surface area contributed by atoms with Gasteiger partial charge in [-0.25, -0.2) is 0 Å². The number of aryl methyl sites for hydroxylation is 2. The van der Waals surface area contributed by atoms with Crippen molar-refractivity contribution in [1.29, 1.82) is 0 Å². The van der Waals surface area contributed by atoms with Gasteiger partial charge < -0.3 is 10.6 Å². The van der Waals surface area contributed by atoms with E-state index in [2.05, 4.69) is 49.6 Å². The van der Waals surface area contributed by atoms with Crippen molar-refractivity contribution in [2.45, 2.75) is 52.6 Å². The second-order valence-corrected chi connectivity index (χ2v) is 6.31. The van der Waals surface area contributed by atoms with E-state index >= 15 is 0 Å². The summed E-state index contributed by atoms with van der Waals surface area (Å²) in [6.45, 7) is 13.2. The summed E-state index contributed by atoms with van der Waals surface area (Å²) in [5.74, 6) is 1.28. The van der Waals surface area contributed by atoms with Crippen molar-refractivity contribution in [3.63, 3.8) is 0 Å². The number of nitrogens with zero attached hydrogens (tertiary/aromatic N) is 4. The van der Waals surface area contributed by atoms with Gasteiger partial charge in [-0.3, -0.25) is 9.58 Å². The molecule has 120 valence electrons. The molecule has 5 heteroatoms. The molecule has 2 heterocycles. The van der Waals surface area contributed by atoms with E-state index in [9.17, 15) is 0 Å². The molecular formula is C16H31N5. The first-order valence-electron chi connectivity index (χ1n) is 8.24. The highest BCUT2D eigenvalue weighted by Crippen LogP contribution is 2.27. The summed E-state index contributed by atoms with van der Waals surface area (Å²) < 4.78 is 2.04. The van der Waals surface area contributed by atoms with Gasteiger partial charge in [-0.05, 0) is 33.2 Å². The van der Waals surface area contributed by atoms with Crippen molar-refractivity contribution in [1.82, 2.24) is 14.7 Å². The van der Waals surface area contributed by atoms with Crippen molar-refractivity contribution < 1.29 is 0 Å². The first-order chi connectivity index (χ1) is 9.97. The monoisotopic (exact) mass is 293 g/mol. The first kappa shape index (κ1) is 16.3. The number of anilines is 1. The molecule has 5 nitrogen and oxygen atoms in total. The van der Waals surface area contributed by atoms with Crippen molar-refractivity contribution in [3.8, 4) is 0 Å². The lowest BCUT2D eigenvalue weighted by Crippen LogP contribution is -2.52. The van der Waals surface area contributed by atoms with E-state index in [0.717, 1.165) is 44.7 Å². The number of hydrogen-bond acceptors (Lipinski definition) is 4. The molecule has 0 amide bonds. The molecule has 0 aliphatic carbocycles. The fraction of sp³-hybridized carbons (Fsp3) is 0.812. The van der Waals surface area contributed by atoms with Crippen LogP contribution < -0.4 is 10.6 Å². The molecule has 1 aromatic rings. The van der Waals surface area contributed by atoms with Crippen LogP contribution in [0.3, 0.4) is 0 Å². The zero-order valence-electron chi connectivity index (χ0n) is 14.3. The Bertz CT molecular complexity index is 467. The number of hydrogen-bond donors (Lipinski definition) is 1. The second-order valence-electron chi connectivity index (χ2n) is 6.31. The highest BCUT2D eigenvalue weighted by Gasteiger charge is 2.27. The molecule has 2 unspecified atom stereocenters. The maximum atomic E-state index is 6.19. The van der Waals surface area contributed by atoms with Gasteiger partial charge in [-0.2, -0.15) is 5.10 Å². The molecule has 1 fully saturated rings. The Balaban J connectivity index is 2.23. The van der Waals surface area contributed by atoms with Crippen LogP contribution in [-0.2, 0) is 13.5 Å². The molecule has 1 aliphatic heterocycles. The lowest BCUT2D eigenvalue weighted by molar-refractivity contribution is 0.198. The van der Waals surface area contributed by atoms with Crippen molar-refractivity contribution >= 4 is 5.82 Å². The van der Waals surface area contributed by atoms with E-state index in [1.165, 1.54) is 11.4 Å². The quantitative estimate of drug-likeness (QED) is 0.895. The third kappa shape index (κ3) is 3.40. The van der Waals surface area contributed by atoms with Crippen molar-refractivity contribution in [2.75, 3.05) is 31.1 Å². The Hall–Kier alpha value is -1.07. The maximum Gasteiger partial charge on any atom is 0.130 e. The Morgan fingerprint density at radius 3 is 2.62 bits per heavy atom. The molecule has 1 saturated heterocycles. The largest absolute Gasteiger partial charge is 0.354 e. The minimum atomic E-state index is 0.223. The molecule has 2 N–H and O–H groups in total. The van der Waals surface area contributed by atoms with Gasteiger partial charge in [0.15, 0.2) is 0 Å². The van der Waals surface area contributed by atoms with Gasteiger partial charge in [-0.15, -0.1) is 0 Å². The number of likely N-dealkylation sites (N-methyl/N-ethyl adjacent to an activating group) is 1. The van der Waals surface area contributed by atoms with Gasteiger partial charge in [0.25, 0.3) is 0 Å². The lowest BCUT2D eigenvalue weighted by Gasteiger charge is -2.40. The lowest BCUT2D eigenvalue weighted by atomic mass is 10.0. The minimum Gasteiger partial charge on any atom is -0.354 e. The summed E-state index contributed by atoms with van der Waals surface area (Å²) in [4.78, 5) is 5.03. The Morgan fingerprint density at radius 1 is 1.33 bits per heavy atom. The van der Waals surface area contributed by atoms with Crippen LogP contribution in [0.1, 0.15) is 38.4 Å². The number of piperazine rings is 1. The van der Waals surface area contributed by atoms with Gasteiger partial charge in [0.2, 0.25) is 0 Å². The predicted molar refractivity (Wildman–Crippen MR) is 88.8 cm³/mol. The van der Waals surface area contributed by atoms with Gasteiger partial charge in [0.05, 0.1) is 5.69 Å². The van der Waals surface area contributed by atoms with Crippen LogP contribution >= 0.6 is 0 Å². The molecule has 0 bridgehead atoms. The normalized spacial score (nSPS) is 21.8. The van der Waals surface area contributed by atoms with E-state index in [-0.39, 0.29) is 6.04 Å². The van der Waals surface area contributed by atoms with E-state index in [0.29, 0.717) is 6.04 Å². The topological polar surface area (TPSA) is 50.3 Å². The van der Waals surface area contributed by atoms with Crippen LogP contribution in [0.4, 0.5) is 5.82 Å². The molecule has 21 heavy (non-hydrogen) atoms. The average Bonchev–Trinajstić information content (AvgIpc) is 2.73. The van der Waals surface area contributed by atoms with E-state index in [4.69, 9.17) is 5.73 Å². The summed E-state index contributed by atoms with van der Waals surface area (Å²) in [5, 5.41) is 4.64. The molecule has 2 atom stereocenters. The first-order valence-corrected chi connectivity index (χ1v) is 8.24. The summed E-state index contributed by atoms with van der Waals surface area (Å²) in [5.41, 5.74) is 8.65. The predicted octanol–water partition coefficient (Wildman–Crippen LogP) is 1.54. The summed E-state index contributed by atoms with van der Waals surface area (Å²) in [7, 11) is 2.06. The molecule has 0 aromatic carbocycles. The number of aromatic nitrogens is 2. The zero-order valence-corrected chi connectivity index (χ0v) is 14.3. The highest BCUT2D eigenvalue weighted by molar-refractivity contribution is 5.51. The second kappa shape index (κ2) is 6.79. The van der Waals surface area contributed by atoms with Gasteiger partial charge in [0, 0.05) is 44.3 Å². The zero-order chi connectivity index (χ0) is 15.6. The van der Waals surface area contributed by atoms with Gasteiger partial charge in [0.1, 0.15) is 5.82 Å². The van der Waals surface area contributed by atoms with Crippen molar-refractivity contribution in [2.24, 2.45) is 12.8 Å². The van der Waals surface area contributed by atoms with Gasteiger partial charge in [-0.1, -0.05) is 13.8 Å². The summed E-state index contributed by atoms with van der Waals surface area (Å²) >= 11 is 0. The molecule has 1 aromatic heterocycles. The Labute approximate surface area is 129 Å². The highest BCUT2D eigenvalue weighted by atomic mass is 15.4. The SMILES string of the molecule is CCC(N)Cc1c(C)nn(C)c1N1CCN(CC)C(C)C1. The smallest absolute Gasteiger partial charge is 0.130 e. The van der Waals surface area contributed by atoms with Crippen molar-refractivity contribution in [3.05, 3.63) is 11.3 Å². The minimum absolute atomic E-state index is 0.223. The molecule has 2 rings (SSSR count). The van der Waals surface area contributed by atoms with Crippen LogP contribution in [0.2, 0.25) is 0 Å². The third-order valence-corrected chi connectivity index (χ3v) is 4.77. The standard InChI is InChI=1S/C16H31N5/c1-6-14(17)10-15-13(4)18-19(5)16(15)21-9-8-20(7-2)12(3)11-21/h12,14H,6-11,17H2,1-5H3. The Kier molecular flexibility index (Phi) is 5.27. The third-order valence-electron chi connectivity index (χ3n) is 4.77. The van der Waals surface area contributed by atoms with Crippen LogP contribution in [0.5, 0.6) is 0 Å². The molecule has 0 radical (unpaired) electrons. The van der Waals surface area contributed by atoms with Crippen LogP contribution in [-0.4, -0.2) is 52.9 Å². The molecule has 0 saturated carbocycles. The fourth-order valence-corrected chi connectivity index (χ4v) is 3.39. The summed E-state index contributed by atoms with van der Waals surface area (Å²) in [6, 6.07) is 0.813. The van der Waals surface area contributed by atoms with Crippen LogP contribution in [0.15, 0.2) is 0 Å². The molecule has 0 spiro atoms. The average molecular weight is 293 g/mol. The van der Waals surface area contributed by atoms with Gasteiger partial charge >= 0.3 is 0 Å². The molecule has 1 aliphatic rings. The number of nitrogens with two attached hydrogens (primary N) is 1. The Morgan fingerprint density at radius 2 is 2.05 bits per heavy atom. The van der Waals surface area contributed by atoms with E-state index < -0.39 is 0 Å². The van der Waals surface area contributed by atoms with Crippen LogP contribution in [0, 0.1) is 6.92 Å². The summed E-state index contributed by atoms with van der Waals surface area (Å²) in [6.07, 6.45) is 1.93. The molecular weight excluding hydrogens is 262 g/mol. The van der Waals surface area contributed by atoms with E-state index in [1.54, 1.807) is 0 Å². The fourth-order valence-electron chi connectivity index (χ4n) is 3.39. The van der Waals surface area contributed by atoms with E-state index in [1.807, 2.05) is 4.68 Å². The van der Waals surface area contributed by atoms with Crippen LogP contribution in [0.25, 0.3) is 0 Å². The maximum absolute atomic E-state index is 6.19. The number of rotatable bonds is 5.